The molecule has 0 bridgehead atoms. The molecule has 1 fully saturated rings. The number of fused-ring (bicyclic) bond motifs is 1. The molecule has 1 N–H and O–H groups in total. The third kappa shape index (κ3) is 4.64. The molecule has 2 heterocycles. The molecule has 1 aliphatic rings. The highest BCUT2D eigenvalue weighted by molar-refractivity contribution is 6.43. The quantitative estimate of drug-likeness (QED) is 0.526. The van der Waals surface area contributed by atoms with E-state index in [1.165, 1.54) is 30.9 Å². The highest BCUT2D eigenvalue weighted by atomic mass is 35.5. The zero-order chi connectivity index (χ0) is 24.4. The number of benzene rings is 2. The van der Waals surface area contributed by atoms with Crippen molar-refractivity contribution in [3.05, 3.63) is 61.2 Å². The Kier molecular flexibility index (Phi) is 7.16. The Labute approximate surface area is 204 Å². The minimum absolute atomic E-state index is 0.0870. The standard InChI is InChI=1S/C23H23Cl2N3O6/c1-32-18-9-14-17(10-19(18)33-2)27(12-20(29)26-16-7-3-6-15(24)21(16)25)23(31)28(22(14)30)11-13-5-4-8-34-13/h3,6-7,9-10,13H,4-5,8,11-12H2,1-2H3,(H,26,29). The number of halogens is 2. The molecule has 0 spiro atoms. The van der Waals surface area contributed by atoms with Gasteiger partial charge in [0.05, 0.1) is 53.5 Å². The van der Waals surface area contributed by atoms with E-state index in [9.17, 15) is 14.4 Å². The summed E-state index contributed by atoms with van der Waals surface area (Å²) in [6, 6.07) is 7.85. The van der Waals surface area contributed by atoms with Crippen LogP contribution in [0.2, 0.25) is 10.0 Å². The van der Waals surface area contributed by atoms with Crippen LogP contribution in [0.15, 0.2) is 39.9 Å². The highest BCUT2D eigenvalue weighted by Crippen LogP contribution is 2.31. The van der Waals surface area contributed by atoms with Crippen molar-refractivity contribution in [3.8, 4) is 11.5 Å². The van der Waals surface area contributed by atoms with Crippen LogP contribution in [0.4, 0.5) is 5.69 Å². The number of nitrogens with one attached hydrogen (secondary N) is 1. The number of hydrogen-bond donors (Lipinski definition) is 1. The summed E-state index contributed by atoms with van der Waals surface area (Å²) >= 11 is 12.2. The van der Waals surface area contributed by atoms with Crippen molar-refractivity contribution in [1.29, 1.82) is 0 Å². The van der Waals surface area contributed by atoms with Gasteiger partial charge in [0.15, 0.2) is 11.5 Å². The van der Waals surface area contributed by atoms with E-state index in [-0.39, 0.29) is 40.1 Å². The molecule has 0 saturated carbocycles. The number of methoxy groups -OCH3 is 2. The molecular weight excluding hydrogens is 485 g/mol. The summed E-state index contributed by atoms with van der Waals surface area (Å²) in [5.74, 6) is 0.124. The van der Waals surface area contributed by atoms with Gasteiger partial charge in [0.25, 0.3) is 5.56 Å². The molecule has 1 aliphatic heterocycles. The van der Waals surface area contributed by atoms with E-state index < -0.39 is 17.2 Å². The Balaban J connectivity index is 1.82. The van der Waals surface area contributed by atoms with Crippen LogP contribution in [-0.4, -0.2) is 42.0 Å². The second-order valence-corrected chi connectivity index (χ2v) is 8.58. The minimum atomic E-state index is -0.632. The van der Waals surface area contributed by atoms with Gasteiger partial charge in [-0.2, -0.15) is 0 Å². The molecule has 180 valence electrons. The topological polar surface area (TPSA) is 101 Å². The molecule has 4 rings (SSSR count). The van der Waals surface area contributed by atoms with E-state index in [0.29, 0.717) is 23.8 Å². The van der Waals surface area contributed by atoms with Gasteiger partial charge in [-0.25, -0.2) is 4.79 Å². The zero-order valence-electron chi connectivity index (χ0n) is 18.6. The summed E-state index contributed by atoms with van der Waals surface area (Å²) in [6.07, 6.45) is 1.34. The lowest BCUT2D eigenvalue weighted by Gasteiger charge is -2.18. The van der Waals surface area contributed by atoms with Crippen LogP contribution in [0.5, 0.6) is 11.5 Å². The van der Waals surface area contributed by atoms with Crippen molar-refractivity contribution in [2.75, 3.05) is 26.1 Å². The van der Waals surface area contributed by atoms with Crippen LogP contribution >= 0.6 is 23.2 Å². The number of carbonyl (C=O) groups excluding carboxylic acids is 1. The molecular formula is C23H23Cl2N3O6. The number of rotatable bonds is 7. The number of ether oxygens (including phenoxy) is 3. The molecule has 11 heteroatoms. The SMILES string of the molecule is COc1cc2c(=O)n(CC3CCCO3)c(=O)n(CC(=O)Nc3cccc(Cl)c3Cl)c2cc1OC. The highest BCUT2D eigenvalue weighted by Gasteiger charge is 2.23. The molecule has 3 aromatic rings. The van der Waals surface area contributed by atoms with Crippen molar-refractivity contribution in [2.24, 2.45) is 0 Å². The second-order valence-electron chi connectivity index (χ2n) is 7.79. The summed E-state index contributed by atoms with van der Waals surface area (Å²) in [5.41, 5.74) is -0.578. The van der Waals surface area contributed by atoms with Gasteiger partial charge in [0.1, 0.15) is 6.54 Å². The second kappa shape index (κ2) is 10.1. The van der Waals surface area contributed by atoms with Crippen molar-refractivity contribution in [1.82, 2.24) is 9.13 Å². The molecule has 0 radical (unpaired) electrons. The molecule has 1 saturated heterocycles. The molecule has 1 aromatic heterocycles. The summed E-state index contributed by atoms with van der Waals surface area (Å²) in [6.45, 7) is 0.290. The van der Waals surface area contributed by atoms with E-state index in [0.717, 1.165) is 17.4 Å². The largest absolute Gasteiger partial charge is 0.493 e. The summed E-state index contributed by atoms with van der Waals surface area (Å²) < 4.78 is 18.6. The van der Waals surface area contributed by atoms with Gasteiger partial charge in [-0.3, -0.25) is 18.7 Å². The monoisotopic (exact) mass is 507 g/mol. The van der Waals surface area contributed by atoms with E-state index in [1.54, 1.807) is 18.2 Å². The molecule has 0 aliphatic carbocycles. The van der Waals surface area contributed by atoms with Gasteiger partial charge in [0, 0.05) is 12.7 Å². The van der Waals surface area contributed by atoms with Crippen LogP contribution in [0.25, 0.3) is 10.9 Å². The van der Waals surface area contributed by atoms with E-state index >= 15 is 0 Å². The summed E-state index contributed by atoms with van der Waals surface area (Å²) in [4.78, 5) is 39.6. The predicted molar refractivity (Wildman–Crippen MR) is 130 cm³/mol. The molecule has 1 unspecified atom stereocenters. The lowest BCUT2D eigenvalue weighted by atomic mass is 10.2. The average Bonchev–Trinajstić information content (AvgIpc) is 3.35. The average molecular weight is 508 g/mol. The van der Waals surface area contributed by atoms with Gasteiger partial charge < -0.3 is 19.5 Å². The van der Waals surface area contributed by atoms with Crippen molar-refractivity contribution < 1.29 is 19.0 Å². The smallest absolute Gasteiger partial charge is 0.332 e. The van der Waals surface area contributed by atoms with E-state index in [4.69, 9.17) is 37.4 Å². The number of amides is 1. The first-order chi connectivity index (χ1) is 16.3. The first kappa shape index (κ1) is 24.1. The van der Waals surface area contributed by atoms with Crippen LogP contribution in [0.1, 0.15) is 12.8 Å². The maximum Gasteiger partial charge on any atom is 0.332 e. The van der Waals surface area contributed by atoms with E-state index in [1.807, 2.05) is 0 Å². The molecule has 9 nitrogen and oxygen atoms in total. The van der Waals surface area contributed by atoms with Gasteiger partial charge in [-0.1, -0.05) is 29.3 Å². The predicted octanol–water partition coefficient (Wildman–Crippen LogP) is 3.30. The number of nitrogens with zero attached hydrogens (tertiary/aromatic N) is 2. The van der Waals surface area contributed by atoms with Crippen molar-refractivity contribution in [2.45, 2.75) is 32.0 Å². The molecule has 2 aromatic carbocycles. The summed E-state index contributed by atoms with van der Waals surface area (Å²) in [5, 5.41) is 3.34. The lowest BCUT2D eigenvalue weighted by Crippen LogP contribution is -2.43. The number of carbonyl (C=O) groups is 1. The molecule has 1 atom stereocenters. The Bertz CT molecular complexity index is 1360. The minimum Gasteiger partial charge on any atom is -0.493 e. The van der Waals surface area contributed by atoms with Gasteiger partial charge in [0.2, 0.25) is 5.91 Å². The third-order valence-corrected chi connectivity index (χ3v) is 6.49. The fourth-order valence-corrected chi connectivity index (χ4v) is 4.33. The van der Waals surface area contributed by atoms with E-state index in [2.05, 4.69) is 5.32 Å². The van der Waals surface area contributed by atoms with Gasteiger partial charge in [-0.05, 0) is 31.0 Å². The van der Waals surface area contributed by atoms with Crippen LogP contribution < -0.4 is 26.0 Å². The zero-order valence-corrected chi connectivity index (χ0v) is 20.1. The fraction of sp³-hybridized carbons (Fsp3) is 0.348. The first-order valence-electron chi connectivity index (χ1n) is 10.6. The number of hydrogen-bond acceptors (Lipinski definition) is 6. The van der Waals surface area contributed by atoms with Crippen LogP contribution in [0, 0.1) is 0 Å². The normalized spacial score (nSPS) is 15.5. The molecule has 34 heavy (non-hydrogen) atoms. The van der Waals surface area contributed by atoms with Gasteiger partial charge >= 0.3 is 5.69 Å². The lowest BCUT2D eigenvalue weighted by molar-refractivity contribution is -0.116. The van der Waals surface area contributed by atoms with Crippen molar-refractivity contribution in [3.63, 3.8) is 0 Å². The Hall–Kier alpha value is -3.01. The maximum atomic E-state index is 13.4. The molecule has 1 amide bonds. The van der Waals surface area contributed by atoms with Crippen LogP contribution in [-0.2, 0) is 22.6 Å². The summed E-state index contributed by atoms with van der Waals surface area (Å²) in [7, 11) is 2.89. The first-order valence-corrected chi connectivity index (χ1v) is 11.3. The third-order valence-electron chi connectivity index (χ3n) is 5.67. The maximum absolute atomic E-state index is 13.4. The Morgan fingerprint density at radius 2 is 1.88 bits per heavy atom. The van der Waals surface area contributed by atoms with Gasteiger partial charge in [-0.15, -0.1) is 0 Å². The van der Waals surface area contributed by atoms with Crippen molar-refractivity contribution >= 4 is 45.7 Å². The number of anilines is 1. The number of aromatic nitrogens is 2. The van der Waals surface area contributed by atoms with Crippen LogP contribution in [0.3, 0.4) is 0 Å². The Morgan fingerprint density at radius 1 is 1.15 bits per heavy atom. The fourth-order valence-electron chi connectivity index (χ4n) is 3.98. The Morgan fingerprint density at radius 3 is 2.56 bits per heavy atom.